The number of rotatable bonds is 14. The van der Waals surface area contributed by atoms with Gasteiger partial charge in [-0.15, -0.1) is 0 Å². The number of ether oxygens (including phenoxy) is 1. The van der Waals surface area contributed by atoms with Crippen molar-refractivity contribution in [3.8, 4) is 0 Å². The number of fused-ring (bicyclic) bond motifs is 1. The van der Waals surface area contributed by atoms with Crippen LogP contribution in [-0.4, -0.2) is 29.9 Å². The molecule has 180 valence electrons. The van der Waals surface area contributed by atoms with Crippen LogP contribution in [0.5, 0.6) is 0 Å². The van der Waals surface area contributed by atoms with Crippen molar-refractivity contribution >= 4 is 17.9 Å². The van der Waals surface area contributed by atoms with Gasteiger partial charge in [-0.2, -0.15) is 4.58 Å². The molecule has 0 saturated heterocycles. The zero-order chi connectivity index (χ0) is 24.2. The van der Waals surface area contributed by atoms with Crippen LogP contribution in [0.25, 0.3) is 0 Å². The second-order valence-electron chi connectivity index (χ2n) is 9.50. The van der Waals surface area contributed by atoms with Crippen molar-refractivity contribution in [3.05, 3.63) is 89.5 Å². The summed E-state index contributed by atoms with van der Waals surface area (Å²) in [5, 5.41) is 0. The fraction of sp³-hybridized carbons (Fsp3) is 0.419. The fourth-order valence-corrected chi connectivity index (χ4v) is 4.92. The molecule has 0 saturated carbocycles. The number of hydrogen-bond donors (Lipinski definition) is 0. The monoisotopic (exact) mass is 458 g/mol. The lowest BCUT2D eigenvalue weighted by Gasteiger charge is -2.22. The lowest BCUT2D eigenvalue weighted by Crippen LogP contribution is -2.31. The Kier molecular flexibility index (Phi) is 9.88. The summed E-state index contributed by atoms with van der Waals surface area (Å²) in [4.78, 5) is 10.4. The summed E-state index contributed by atoms with van der Waals surface area (Å²) >= 11 is 0. The third-order valence-electron chi connectivity index (χ3n) is 6.83. The van der Waals surface area contributed by atoms with Crippen LogP contribution in [-0.2, 0) is 21.4 Å². The summed E-state index contributed by atoms with van der Waals surface area (Å²) in [5.41, 5.74) is 6.87. The smallest absolute Gasteiger partial charge is 0.293 e. The van der Waals surface area contributed by atoms with Gasteiger partial charge in [-0.1, -0.05) is 80.0 Å². The number of allylic oxidation sites excluding steroid dienone is 4. The molecule has 3 nitrogen and oxygen atoms in total. The van der Waals surface area contributed by atoms with Gasteiger partial charge >= 0.3 is 0 Å². The maximum absolute atomic E-state index is 10.4. The lowest BCUT2D eigenvalue weighted by molar-refractivity contribution is -0.438. The van der Waals surface area contributed by atoms with Crippen molar-refractivity contribution in [2.75, 3.05) is 13.2 Å². The van der Waals surface area contributed by atoms with Gasteiger partial charge in [-0.3, -0.25) is 4.79 Å². The van der Waals surface area contributed by atoms with Gasteiger partial charge in [-0.05, 0) is 51.2 Å². The Bertz CT molecular complexity index is 1020. The molecule has 2 aromatic rings. The Balaban J connectivity index is 1.85. The van der Waals surface area contributed by atoms with E-state index in [-0.39, 0.29) is 5.41 Å². The topological polar surface area (TPSA) is 29.3 Å². The zero-order valence-corrected chi connectivity index (χ0v) is 21.1. The van der Waals surface area contributed by atoms with E-state index in [0.717, 1.165) is 38.6 Å². The molecule has 0 bridgehead atoms. The summed E-state index contributed by atoms with van der Waals surface area (Å²) in [6.07, 6.45) is 16.5. The van der Waals surface area contributed by atoms with Crippen molar-refractivity contribution in [3.63, 3.8) is 0 Å². The van der Waals surface area contributed by atoms with Crippen molar-refractivity contribution in [2.45, 2.75) is 71.1 Å². The molecule has 1 heterocycles. The van der Waals surface area contributed by atoms with Gasteiger partial charge in [0, 0.05) is 24.1 Å². The molecule has 0 aromatic heterocycles. The largest absolute Gasteiger partial charge is 0.468 e. The van der Waals surface area contributed by atoms with Gasteiger partial charge in [0.15, 0.2) is 5.71 Å². The van der Waals surface area contributed by atoms with Crippen LogP contribution in [0.3, 0.4) is 0 Å². The molecule has 1 unspecified atom stereocenters. The highest BCUT2D eigenvalue weighted by Gasteiger charge is 2.46. The number of benzene rings is 2. The van der Waals surface area contributed by atoms with Crippen LogP contribution in [0.1, 0.15) is 69.1 Å². The molecule has 0 spiro atoms. The lowest BCUT2D eigenvalue weighted by atomic mass is 9.75. The molecular formula is C31H40NO2+. The quantitative estimate of drug-likeness (QED) is 0.129. The van der Waals surface area contributed by atoms with Crippen molar-refractivity contribution < 1.29 is 14.1 Å². The Morgan fingerprint density at radius 2 is 1.82 bits per heavy atom. The number of carbonyl (C=O) groups excluding carboxylic acids is 1. The Morgan fingerprint density at radius 1 is 1.00 bits per heavy atom. The van der Waals surface area contributed by atoms with Crippen LogP contribution in [0, 0.1) is 6.92 Å². The summed E-state index contributed by atoms with van der Waals surface area (Å²) in [6, 6.07) is 17.5. The first-order valence-electron chi connectivity index (χ1n) is 12.8. The molecule has 1 aliphatic rings. The van der Waals surface area contributed by atoms with E-state index in [1.807, 2.05) is 0 Å². The van der Waals surface area contributed by atoms with Crippen LogP contribution in [0.2, 0.25) is 0 Å². The fourth-order valence-electron chi connectivity index (χ4n) is 4.92. The Labute approximate surface area is 205 Å². The summed E-state index contributed by atoms with van der Waals surface area (Å²) in [6.45, 7) is 8.92. The predicted molar refractivity (Wildman–Crippen MR) is 142 cm³/mol. The first kappa shape index (κ1) is 25.7. The average Bonchev–Trinajstić information content (AvgIpc) is 3.07. The minimum Gasteiger partial charge on any atom is -0.468 e. The maximum Gasteiger partial charge on any atom is 0.293 e. The normalized spacial score (nSPS) is 17.6. The summed E-state index contributed by atoms with van der Waals surface area (Å²) in [7, 11) is 0. The van der Waals surface area contributed by atoms with Gasteiger partial charge < -0.3 is 4.74 Å². The highest BCUT2D eigenvalue weighted by molar-refractivity contribution is 6.03. The molecule has 3 heteroatoms. The molecule has 0 radical (unpaired) electrons. The average molecular weight is 459 g/mol. The SMILES string of the molecule is CCCCC1(C)C(C=CC=CCc2ccccc2)=[N+](CCCCCOC=O)c2ccc(C)cc21. The third-order valence-corrected chi connectivity index (χ3v) is 6.83. The maximum atomic E-state index is 10.4. The molecule has 34 heavy (non-hydrogen) atoms. The van der Waals surface area contributed by atoms with Crippen molar-refractivity contribution in [2.24, 2.45) is 0 Å². The third kappa shape index (κ3) is 6.56. The van der Waals surface area contributed by atoms with E-state index >= 15 is 0 Å². The highest BCUT2D eigenvalue weighted by atomic mass is 16.5. The summed E-state index contributed by atoms with van der Waals surface area (Å²) < 4.78 is 7.40. The van der Waals surface area contributed by atoms with E-state index in [2.05, 4.69) is 98.2 Å². The molecule has 0 amide bonds. The van der Waals surface area contributed by atoms with E-state index in [1.54, 1.807) is 0 Å². The summed E-state index contributed by atoms with van der Waals surface area (Å²) in [5.74, 6) is 0. The van der Waals surface area contributed by atoms with Crippen LogP contribution < -0.4 is 0 Å². The molecule has 0 aliphatic carbocycles. The van der Waals surface area contributed by atoms with Crippen LogP contribution in [0.15, 0.2) is 72.8 Å². The number of unbranched alkanes of at least 4 members (excludes halogenated alkanes) is 3. The van der Waals surface area contributed by atoms with E-state index < -0.39 is 0 Å². The number of aryl methyl sites for hydroxylation is 1. The van der Waals surface area contributed by atoms with Crippen LogP contribution >= 0.6 is 0 Å². The number of hydrogen-bond acceptors (Lipinski definition) is 2. The van der Waals surface area contributed by atoms with Gasteiger partial charge in [0.1, 0.15) is 6.54 Å². The van der Waals surface area contributed by atoms with Gasteiger partial charge in [-0.25, -0.2) is 0 Å². The zero-order valence-electron chi connectivity index (χ0n) is 21.1. The predicted octanol–water partition coefficient (Wildman–Crippen LogP) is 7.24. The molecular weight excluding hydrogens is 418 g/mol. The van der Waals surface area contributed by atoms with Gasteiger partial charge in [0.05, 0.1) is 12.0 Å². The van der Waals surface area contributed by atoms with E-state index in [0.29, 0.717) is 13.1 Å². The van der Waals surface area contributed by atoms with Crippen LogP contribution in [0.4, 0.5) is 5.69 Å². The molecule has 2 aromatic carbocycles. The second kappa shape index (κ2) is 13.1. The first-order valence-corrected chi connectivity index (χ1v) is 12.8. The molecule has 1 aliphatic heterocycles. The van der Waals surface area contributed by atoms with Crippen molar-refractivity contribution in [1.82, 2.24) is 0 Å². The molecule has 1 atom stereocenters. The van der Waals surface area contributed by atoms with Gasteiger partial charge in [0.25, 0.3) is 6.47 Å². The minimum atomic E-state index is 0.0156. The molecule has 0 N–H and O–H groups in total. The number of carbonyl (C=O) groups is 1. The highest BCUT2D eigenvalue weighted by Crippen LogP contribution is 2.44. The second-order valence-corrected chi connectivity index (χ2v) is 9.50. The van der Waals surface area contributed by atoms with E-state index in [4.69, 9.17) is 4.74 Å². The Morgan fingerprint density at radius 3 is 2.59 bits per heavy atom. The minimum absolute atomic E-state index is 0.0156. The first-order chi connectivity index (χ1) is 16.6. The van der Waals surface area contributed by atoms with E-state index in [1.165, 1.54) is 40.9 Å². The standard InChI is InChI=1S/C31H40NO2/c1-4-5-21-31(3)28-24-26(2)19-20-29(28)32(22-13-8-14-23-34-25-33)30(31)18-12-7-11-17-27-15-9-6-10-16-27/h6-7,9-12,15-16,18-20,24-25H,4-5,8,13-14,17,21-23H2,1-3H3/q+1. The Hall–Kier alpha value is -2.94. The van der Waals surface area contributed by atoms with Crippen molar-refractivity contribution in [1.29, 1.82) is 0 Å². The number of nitrogens with zero attached hydrogens (tertiary/aromatic N) is 1. The molecule has 3 rings (SSSR count). The van der Waals surface area contributed by atoms with Gasteiger partial charge in [0.2, 0.25) is 5.69 Å². The molecule has 0 fully saturated rings. The van der Waals surface area contributed by atoms with E-state index in [9.17, 15) is 4.79 Å².